The Labute approximate surface area is 200 Å². The number of anilines is 1. The second kappa shape index (κ2) is 12.6. The Kier molecular flexibility index (Phi) is 10.2. The number of ether oxygens (including phenoxy) is 1. The summed E-state index contributed by atoms with van der Waals surface area (Å²) < 4.78 is 18.6. The van der Waals surface area contributed by atoms with Crippen LogP contribution < -0.4 is 20.3 Å². The van der Waals surface area contributed by atoms with Crippen LogP contribution in [0.3, 0.4) is 0 Å². The number of guanidine groups is 1. The number of hydrogen-bond donors (Lipinski definition) is 3. The van der Waals surface area contributed by atoms with Crippen molar-refractivity contribution in [3.63, 3.8) is 0 Å². The minimum atomic E-state index is -0.194. The fraction of sp³-hybridized carbons (Fsp3) is 0.435. The summed E-state index contributed by atoms with van der Waals surface area (Å²) in [5.41, 5.74) is 2.01. The van der Waals surface area contributed by atoms with Crippen molar-refractivity contribution in [3.8, 4) is 11.5 Å². The van der Waals surface area contributed by atoms with E-state index in [0.717, 1.165) is 56.1 Å². The Morgan fingerprint density at radius 2 is 2.00 bits per heavy atom. The highest BCUT2D eigenvalue weighted by Gasteiger charge is 2.20. The lowest BCUT2D eigenvalue weighted by atomic mass is 10.0. The van der Waals surface area contributed by atoms with Gasteiger partial charge in [0.1, 0.15) is 5.82 Å². The first-order valence-corrected chi connectivity index (χ1v) is 10.5. The maximum atomic E-state index is 13.5. The van der Waals surface area contributed by atoms with Gasteiger partial charge < -0.3 is 25.4 Å². The molecule has 1 saturated heterocycles. The van der Waals surface area contributed by atoms with Gasteiger partial charge in [0.05, 0.1) is 7.11 Å². The fourth-order valence-corrected chi connectivity index (χ4v) is 3.64. The van der Waals surface area contributed by atoms with Crippen molar-refractivity contribution >= 4 is 35.6 Å². The monoisotopic (exact) mass is 542 g/mol. The molecular weight excluding hydrogens is 510 g/mol. The molecule has 3 N–H and O–H groups in total. The minimum absolute atomic E-state index is 0. The number of phenols is 1. The van der Waals surface area contributed by atoms with Crippen LogP contribution in [0, 0.1) is 5.82 Å². The number of piperidine rings is 1. The molecule has 6 nitrogen and oxygen atoms in total. The summed E-state index contributed by atoms with van der Waals surface area (Å²) in [6.07, 6.45) is 2.69. The van der Waals surface area contributed by atoms with Gasteiger partial charge in [0.2, 0.25) is 0 Å². The van der Waals surface area contributed by atoms with Crippen LogP contribution in [0.15, 0.2) is 47.5 Å². The third kappa shape index (κ3) is 7.45. The first-order chi connectivity index (χ1) is 14.6. The average Bonchev–Trinajstić information content (AvgIpc) is 2.75. The molecule has 2 aromatic rings. The Hall–Kier alpha value is -2.23. The van der Waals surface area contributed by atoms with E-state index in [0.29, 0.717) is 18.3 Å². The smallest absolute Gasteiger partial charge is 0.191 e. The van der Waals surface area contributed by atoms with Crippen LogP contribution in [-0.4, -0.2) is 50.4 Å². The van der Waals surface area contributed by atoms with Crippen LogP contribution in [0.1, 0.15) is 25.3 Å². The SMILES string of the molecule is CCNC(=NCCc1ccc(O)c(OC)c1)NC1CCN(c2cccc(F)c2)CC1.I. The van der Waals surface area contributed by atoms with E-state index >= 15 is 0 Å². The van der Waals surface area contributed by atoms with Crippen molar-refractivity contribution in [2.45, 2.75) is 32.2 Å². The zero-order valence-corrected chi connectivity index (χ0v) is 20.4. The molecule has 0 radical (unpaired) electrons. The van der Waals surface area contributed by atoms with E-state index in [-0.39, 0.29) is 35.5 Å². The normalized spacial score (nSPS) is 14.7. The van der Waals surface area contributed by atoms with E-state index < -0.39 is 0 Å². The third-order valence-electron chi connectivity index (χ3n) is 5.27. The number of methoxy groups -OCH3 is 1. The van der Waals surface area contributed by atoms with E-state index in [9.17, 15) is 9.50 Å². The maximum Gasteiger partial charge on any atom is 0.191 e. The van der Waals surface area contributed by atoms with Crippen molar-refractivity contribution in [1.82, 2.24) is 10.6 Å². The highest BCUT2D eigenvalue weighted by Crippen LogP contribution is 2.26. The molecule has 0 spiro atoms. The fourth-order valence-electron chi connectivity index (χ4n) is 3.64. The van der Waals surface area contributed by atoms with Crippen LogP contribution in [0.5, 0.6) is 11.5 Å². The molecular formula is C23H32FIN4O2. The topological polar surface area (TPSA) is 69.1 Å². The number of halogens is 2. The highest BCUT2D eigenvalue weighted by molar-refractivity contribution is 14.0. The lowest BCUT2D eigenvalue weighted by Crippen LogP contribution is -2.48. The van der Waals surface area contributed by atoms with Gasteiger partial charge >= 0.3 is 0 Å². The molecule has 1 aliphatic rings. The molecule has 2 aromatic carbocycles. The largest absolute Gasteiger partial charge is 0.504 e. The van der Waals surface area contributed by atoms with E-state index in [2.05, 4.69) is 22.5 Å². The number of aromatic hydroxyl groups is 1. The van der Waals surface area contributed by atoms with Gasteiger partial charge in [-0.15, -0.1) is 24.0 Å². The Morgan fingerprint density at radius 3 is 2.68 bits per heavy atom. The standard InChI is InChI=1S/C23H31FN4O2.HI/c1-3-25-23(26-12-9-17-7-8-21(29)22(15-17)30-2)27-19-10-13-28(14-11-19)20-6-4-5-18(24)16-20;/h4-8,15-16,19,29H,3,9-14H2,1-2H3,(H2,25,26,27);1H. The highest BCUT2D eigenvalue weighted by atomic mass is 127. The summed E-state index contributed by atoms with van der Waals surface area (Å²) in [5, 5.41) is 16.6. The van der Waals surface area contributed by atoms with Crippen molar-refractivity contribution in [1.29, 1.82) is 0 Å². The van der Waals surface area contributed by atoms with Crippen molar-refractivity contribution in [2.24, 2.45) is 4.99 Å². The predicted molar refractivity (Wildman–Crippen MR) is 135 cm³/mol. The van der Waals surface area contributed by atoms with Gasteiger partial charge in [0, 0.05) is 37.9 Å². The Balaban J connectivity index is 0.00000341. The van der Waals surface area contributed by atoms with Crippen LogP contribution in [0.4, 0.5) is 10.1 Å². The molecule has 170 valence electrons. The maximum absolute atomic E-state index is 13.5. The van der Waals surface area contributed by atoms with Crippen molar-refractivity contribution in [2.75, 3.05) is 38.2 Å². The van der Waals surface area contributed by atoms with E-state index in [1.807, 2.05) is 18.2 Å². The lowest BCUT2D eigenvalue weighted by molar-refractivity contribution is 0.373. The molecule has 0 aromatic heterocycles. The van der Waals surface area contributed by atoms with Crippen LogP contribution in [0.2, 0.25) is 0 Å². The van der Waals surface area contributed by atoms with E-state index in [1.54, 1.807) is 25.3 Å². The molecule has 1 aliphatic heterocycles. The first-order valence-electron chi connectivity index (χ1n) is 10.5. The lowest BCUT2D eigenvalue weighted by Gasteiger charge is -2.34. The van der Waals surface area contributed by atoms with Crippen molar-refractivity contribution < 1.29 is 14.2 Å². The second-order valence-electron chi connectivity index (χ2n) is 7.40. The molecule has 3 rings (SSSR count). The van der Waals surface area contributed by atoms with Crippen LogP contribution >= 0.6 is 24.0 Å². The zero-order valence-electron chi connectivity index (χ0n) is 18.1. The first kappa shape index (κ1) is 25.0. The minimum Gasteiger partial charge on any atom is -0.504 e. The Morgan fingerprint density at radius 1 is 1.23 bits per heavy atom. The predicted octanol–water partition coefficient (Wildman–Crippen LogP) is 3.92. The summed E-state index contributed by atoms with van der Waals surface area (Å²) in [6.45, 7) is 5.24. The van der Waals surface area contributed by atoms with Crippen LogP contribution in [-0.2, 0) is 6.42 Å². The summed E-state index contributed by atoms with van der Waals surface area (Å²) in [5.74, 6) is 1.24. The summed E-state index contributed by atoms with van der Waals surface area (Å²) in [6, 6.07) is 12.5. The Bertz CT molecular complexity index is 857. The molecule has 0 aliphatic carbocycles. The molecule has 0 saturated carbocycles. The number of benzene rings is 2. The molecule has 0 bridgehead atoms. The van der Waals surface area contributed by atoms with Gasteiger partial charge in [-0.2, -0.15) is 0 Å². The number of rotatable bonds is 7. The number of nitrogens with zero attached hydrogens (tertiary/aromatic N) is 2. The molecule has 31 heavy (non-hydrogen) atoms. The molecule has 0 atom stereocenters. The zero-order chi connectivity index (χ0) is 21.3. The number of phenolic OH excluding ortho intramolecular Hbond substituents is 1. The van der Waals surface area contributed by atoms with Gasteiger partial charge in [-0.1, -0.05) is 12.1 Å². The van der Waals surface area contributed by atoms with E-state index in [1.165, 1.54) is 6.07 Å². The molecule has 0 unspecified atom stereocenters. The van der Waals surface area contributed by atoms with Gasteiger partial charge in [0.15, 0.2) is 17.5 Å². The van der Waals surface area contributed by atoms with Gasteiger partial charge in [-0.3, -0.25) is 4.99 Å². The number of nitrogens with one attached hydrogen (secondary N) is 2. The third-order valence-corrected chi connectivity index (χ3v) is 5.27. The van der Waals surface area contributed by atoms with Gasteiger partial charge in [-0.05, 0) is 62.1 Å². The number of hydrogen-bond acceptors (Lipinski definition) is 4. The van der Waals surface area contributed by atoms with Gasteiger partial charge in [-0.25, -0.2) is 4.39 Å². The average molecular weight is 542 g/mol. The molecule has 1 heterocycles. The molecule has 1 fully saturated rings. The number of aliphatic imine (C=N–C) groups is 1. The second-order valence-corrected chi connectivity index (χ2v) is 7.40. The van der Waals surface area contributed by atoms with E-state index in [4.69, 9.17) is 9.73 Å². The summed E-state index contributed by atoms with van der Waals surface area (Å²) in [4.78, 5) is 6.92. The van der Waals surface area contributed by atoms with Crippen LogP contribution in [0.25, 0.3) is 0 Å². The quantitative estimate of drug-likeness (QED) is 0.281. The molecule has 0 amide bonds. The summed E-state index contributed by atoms with van der Waals surface area (Å²) in [7, 11) is 1.55. The van der Waals surface area contributed by atoms with Gasteiger partial charge in [0.25, 0.3) is 0 Å². The summed E-state index contributed by atoms with van der Waals surface area (Å²) >= 11 is 0. The van der Waals surface area contributed by atoms with Crippen molar-refractivity contribution in [3.05, 3.63) is 53.8 Å². The molecule has 8 heteroatoms.